The summed E-state index contributed by atoms with van der Waals surface area (Å²) in [6, 6.07) is 21.5. The van der Waals surface area contributed by atoms with Crippen LogP contribution >= 0.6 is 0 Å². The SMILES string of the molecule is c1ccc(C2N=C(COC3CCCCCCC3)NC2c2ccccc2)cc1. The van der Waals surface area contributed by atoms with Crippen LogP contribution in [0.4, 0.5) is 0 Å². The minimum absolute atomic E-state index is 0.101. The van der Waals surface area contributed by atoms with Crippen LogP contribution in [0.2, 0.25) is 0 Å². The third-order valence-corrected chi connectivity index (χ3v) is 5.74. The molecule has 27 heavy (non-hydrogen) atoms. The third-order valence-electron chi connectivity index (χ3n) is 5.74. The fraction of sp³-hybridized carbons (Fsp3) is 0.458. The number of ether oxygens (including phenoxy) is 1. The molecule has 2 atom stereocenters. The van der Waals surface area contributed by atoms with Gasteiger partial charge in [-0.3, -0.25) is 4.99 Å². The molecule has 2 unspecified atom stereocenters. The average Bonchev–Trinajstić information content (AvgIpc) is 3.13. The van der Waals surface area contributed by atoms with Gasteiger partial charge in [0, 0.05) is 0 Å². The van der Waals surface area contributed by atoms with Gasteiger partial charge < -0.3 is 10.1 Å². The molecule has 0 spiro atoms. The molecule has 1 heterocycles. The molecular formula is C24H30N2O. The monoisotopic (exact) mass is 362 g/mol. The Kier molecular flexibility index (Phi) is 6.21. The van der Waals surface area contributed by atoms with E-state index in [2.05, 4.69) is 66.0 Å². The van der Waals surface area contributed by atoms with Crippen molar-refractivity contribution < 1.29 is 4.74 Å². The Morgan fingerprint density at radius 2 is 1.37 bits per heavy atom. The van der Waals surface area contributed by atoms with Crippen LogP contribution in [0.5, 0.6) is 0 Å². The highest BCUT2D eigenvalue weighted by Crippen LogP contribution is 2.36. The van der Waals surface area contributed by atoms with Crippen molar-refractivity contribution in [1.82, 2.24) is 5.32 Å². The molecule has 0 bridgehead atoms. The Hall–Kier alpha value is -2.13. The van der Waals surface area contributed by atoms with Gasteiger partial charge in [0.15, 0.2) is 0 Å². The lowest BCUT2D eigenvalue weighted by atomic mass is 9.95. The van der Waals surface area contributed by atoms with E-state index >= 15 is 0 Å². The summed E-state index contributed by atoms with van der Waals surface area (Å²) in [4.78, 5) is 5.02. The van der Waals surface area contributed by atoms with Gasteiger partial charge in [0.2, 0.25) is 0 Å². The number of hydrogen-bond acceptors (Lipinski definition) is 3. The van der Waals surface area contributed by atoms with Crippen molar-refractivity contribution in [2.24, 2.45) is 4.99 Å². The van der Waals surface area contributed by atoms with Gasteiger partial charge in [-0.2, -0.15) is 0 Å². The number of amidine groups is 1. The highest BCUT2D eigenvalue weighted by Gasteiger charge is 2.31. The smallest absolute Gasteiger partial charge is 0.124 e. The van der Waals surface area contributed by atoms with Crippen molar-refractivity contribution >= 4 is 5.84 Å². The second-order valence-electron chi connectivity index (χ2n) is 7.74. The molecule has 0 saturated heterocycles. The Morgan fingerprint density at radius 3 is 2.04 bits per heavy atom. The lowest BCUT2D eigenvalue weighted by molar-refractivity contribution is 0.0599. The number of nitrogens with zero attached hydrogens (tertiary/aromatic N) is 1. The van der Waals surface area contributed by atoms with E-state index in [0.717, 1.165) is 5.84 Å². The van der Waals surface area contributed by atoms with Gasteiger partial charge in [0.1, 0.15) is 18.5 Å². The topological polar surface area (TPSA) is 33.6 Å². The number of hydrogen-bond donors (Lipinski definition) is 1. The van der Waals surface area contributed by atoms with Gasteiger partial charge in [-0.25, -0.2) is 0 Å². The van der Waals surface area contributed by atoms with Crippen molar-refractivity contribution in [3.05, 3.63) is 71.8 Å². The van der Waals surface area contributed by atoms with Crippen molar-refractivity contribution in [2.75, 3.05) is 6.61 Å². The van der Waals surface area contributed by atoms with Crippen LogP contribution < -0.4 is 5.32 Å². The minimum Gasteiger partial charge on any atom is -0.370 e. The first kappa shape index (κ1) is 18.2. The molecule has 0 radical (unpaired) electrons. The Balaban J connectivity index is 1.46. The molecule has 1 saturated carbocycles. The minimum atomic E-state index is 0.101. The lowest BCUT2D eigenvalue weighted by Crippen LogP contribution is -2.29. The maximum Gasteiger partial charge on any atom is 0.124 e. The van der Waals surface area contributed by atoms with Crippen LogP contribution in [0.1, 0.15) is 68.2 Å². The number of aliphatic imine (C=N–C) groups is 1. The summed E-state index contributed by atoms with van der Waals surface area (Å²) in [7, 11) is 0. The molecule has 1 fully saturated rings. The largest absolute Gasteiger partial charge is 0.370 e. The molecule has 1 aliphatic carbocycles. The molecule has 142 valence electrons. The fourth-order valence-corrected chi connectivity index (χ4v) is 4.24. The Bertz CT molecular complexity index is 721. The second-order valence-corrected chi connectivity index (χ2v) is 7.74. The average molecular weight is 363 g/mol. The molecule has 0 aromatic heterocycles. The summed E-state index contributed by atoms with van der Waals surface area (Å²) >= 11 is 0. The molecule has 1 aliphatic heterocycles. The first-order valence-electron chi connectivity index (χ1n) is 10.4. The number of benzene rings is 2. The maximum atomic E-state index is 6.28. The molecule has 4 rings (SSSR count). The first-order valence-corrected chi connectivity index (χ1v) is 10.4. The van der Waals surface area contributed by atoms with Gasteiger partial charge in [-0.05, 0) is 24.0 Å². The van der Waals surface area contributed by atoms with Gasteiger partial charge in [-0.15, -0.1) is 0 Å². The van der Waals surface area contributed by atoms with Crippen molar-refractivity contribution in [3.63, 3.8) is 0 Å². The number of rotatable bonds is 5. The van der Waals surface area contributed by atoms with Crippen LogP contribution in [0.15, 0.2) is 65.7 Å². The van der Waals surface area contributed by atoms with E-state index in [4.69, 9.17) is 9.73 Å². The van der Waals surface area contributed by atoms with Crippen molar-refractivity contribution in [3.8, 4) is 0 Å². The molecule has 2 aromatic rings. The van der Waals surface area contributed by atoms with Crippen LogP contribution in [-0.2, 0) is 4.74 Å². The predicted molar refractivity (Wildman–Crippen MR) is 111 cm³/mol. The molecule has 2 aliphatic rings. The van der Waals surface area contributed by atoms with Crippen molar-refractivity contribution in [1.29, 1.82) is 0 Å². The summed E-state index contributed by atoms with van der Waals surface area (Å²) in [5, 5.41) is 3.65. The standard InChI is InChI=1S/C24H30N2O/c1-2-10-16-21(17-11-3-1)27-18-22-25-23(19-12-6-4-7-13-19)24(26-22)20-14-8-5-9-15-20/h4-9,12-15,21,23-24H,1-3,10-11,16-18H2,(H,25,26). The molecule has 3 nitrogen and oxygen atoms in total. The maximum absolute atomic E-state index is 6.28. The molecular weight excluding hydrogens is 332 g/mol. The summed E-state index contributed by atoms with van der Waals surface area (Å²) in [5.74, 6) is 0.986. The quantitative estimate of drug-likeness (QED) is 0.751. The van der Waals surface area contributed by atoms with Crippen LogP contribution in [0.3, 0.4) is 0 Å². The Labute approximate surface area is 162 Å². The van der Waals surface area contributed by atoms with E-state index in [1.165, 1.54) is 56.1 Å². The molecule has 2 aromatic carbocycles. The van der Waals surface area contributed by atoms with Gasteiger partial charge >= 0.3 is 0 Å². The number of nitrogens with one attached hydrogen (secondary N) is 1. The summed E-state index contributed by atoms with van der Waals surface area (Å²) in [5.41, 5.74) is 2.52. The van der Waals surface area contributed by atoms with E-state index in [9.17, 15) is 0 Å². The highest BCUT2D eigenvalue weighted by atomic mass is 16.5. The van der Waals surface area contributed by atoms with Gasteiger partial charge in [0.25, 0.3) is 0 Å². The van der Waals surface area contributed by atoms with Crippen LogP contribution in [-0.4, -0.2) is 18.5 Å². The van der Waals surface area contributed by atoms with Gasteiger partial charge in [-0.1, -0.05) is 92.8 Å². The van der Waals surface area contributed by atoms with E-state index in [1.807, 2.05) is 0 Å². The van der Waals surface area contributed by atoms with Crippen LogP contribution in [0, 0.1) is 0 Å². The second kappa shape index (κ2) is 9.18. The normalized spacial score (nSPS) is 23.9. The predicted octanol–water partition coefficient (Wildman–Crippen LogP) is 5.60. The highest BCUT2D eigenvalue weighted by molar-refractivity contribution is 5.86. The van der Waals surface area contributed by atoms with Gasteiger partial charge in [0.05, 0.1) is 12.1 Å². The Morgan fingerprint density at radius 1 is 0.778 bits per heavy atom. The molecule has 3 heteroatoms. The summed E-state index contributed by atoms with van der Waals surface area (Å²) in [6.45, 7) is 0.595. The lowest BCUT2D eigenvalue weighted by Gasteiger charge is -2.21. The first-order chi connectivity index (χ1) is 13.4. The summed E-state index contributed by atoms with van der Waals surface area (Å²) < 4.78 is 6.28. The molecule has 0 amide bonds. The van der Waals surface area contributed by atoms with E-state index < -0.39 is 0 Å². The fourth-order valence-electron chi connectivity index (χ4n) is 4.24. The summed E-state index contributed by atoms with van der Waals surface area (Å²) in [6.07, 6.45) is 9.46. The zero-order valence-electron chi connectivity index (χ0n) is 16.0. The molecule has 1 N–H and O–H groups in total. The van der Waals surface area contributed by atoms with E-state index in [1.54, 1.807) is 0 Å². The zero-order valence-corrected chi connectivity index (χ0v) is 16.0. The van der Waals surface area contributed by atoms with Crippen LogP contribution in [0.25, 0.3) is 0 Å². The van der Waals surface area contributed by atoms with E-state index in [-0.39, 0.29) is 12.1 Å². The van der Waals surface area contributed by atoms with E-state index in [0.29, 0.717) is 12.7 Å². The van der Waals surface area contributed by atoms with Crippen molar-refractivity contribution in [2.45, 2.75) is 63.1 Å². The third kappa shape index (κ3) is 4.78. The zero-order chi connectivity index (χ0) is 18.3.